The summed E-state index contributed by atoms with van der Waals surface area (Å²) >= 11 is 0. The molecule has 1 aliphatic rings. The molecule has 3 heteroatoms. The van der Waals surface area contributed by atoms with E-state index in [1.807, 2.05) is 0 Å². The topological polar surface area (TPSA) is 48.6 Å². The highest BCUT2D eigenvalue weighted by atomic mass is 16.1. The van der Waals surface area contributed by atoms with Crippen LogP contribution in [0.1, 0.15) is 43.2 Å². The predicted octanol–water partition coefficient (Wildman–Crippen LogP) is 5.79. The second-order valence-corrected chi connectivity index (χ2v) is 7.90. The molecule has 4 aromatic rings. The number of H-pyrrole nitrogens is 2. The average molecular weight is 356 g/mol. The number of aromatic amines is 2. The van der Waals surface area contributed by atoms with Crippen molar-refractivity contribution in [2.75, 3.05) is 0 Å². The van der Waals surface area contributed by atoms with Gasteiger partial charge in [0.1, 0.15) is 5.78 Å². The molecule has 0 spiro atoms. The number of ketones is 1. The summed E-state index contributed by atoms with van der Waals surface area (Å²) in [5.41, 5.74) is 4.74. The van der Waals surface area contributed by atoms with Gasteiger partial charge >= 0.3 is 0 Å². The number of aromatic nitrogens is 2. The van der Waals surface area contributed by atoms with Gasteiger partial charge in [0, 0.05) is 52.0 Å². The van der Waals surface area contributed by atoms with Crippen molar-refractivity contribution < 1.29 is 4.79 Å². The van der Waals surface area contributed by atoms with Gasteiger partial charge < -0.3 is 9.97 Å². The average Bonchev–Trinajstić information content (AvgIpc) is 3.31. The van der Waals surface area contributed by atoms with Crippen LogP contribution in [-0.4, -0.2) is 15.8 Å². The molecule has 0 aliphatic heterocycles. The fraction of sp³-hybridized carbons (Fsp3) is 0.292. The molecule has 0 saturated heterocycles. The first-order chi connectivity index (χ1) is 13.2. The molecular weight excluding hydrogens is 332 g/mol. The third-order valence-electron chi connectivity index (χ3n) is 6.32. The fourth-order valence-electron chi connectivity index (χ4n) is 4.93. The van der Waals surface area contributed by atoms with E-state index in [-0.39, 0.29) is 17.8 Å². The van der Waals surface area contributed by atoms with Crippen molar-refractivity contribution in [1.29, 1.82) is 0 Å². The number of carbonyl (C=O) groups is 1. The van der Waals surface area contributed by atoms with Crippen LogP contribution in [0.15, 0.2) is 60.9 Å². The zero-order valence-corrected chi connectivity index (χ0v) is 15.5. The summed E-state index contributed by atoms with van der Waals surface area (Å²) in [5, 5.41) is 2.44. The van der Waals surface area contributed by atoms with Crippen LogP contribution in [0, 0.1) is 11.8 Å². The van der Waals surface area contributed by atoms with Crippen molar-refractivity contribution in [3.05, 3.63) is 72.1 Å². The Balaban J connectivity index is 1.74. The number of Topliss-reactive ketones (excluding diaryl/α,β-unsaturated/α-hetero) is 1. The third kappa shape index (κ3) is 2.61. The van der Waals surface area contributed by atoms with E-state index in [4.69, 9.17) is 0 Å². The molecule has 0 radical (unpaired) electrons. The molecule has 0 bridgehead atoms. The van der Waals surface area contributed by atoms with Gasteiger partial charge in [-0.25, -0.2) is 0 Å². The minimum absolute atomic E-state index is 0.0344. The van der Waals surface area contributed by atoms with Gasteiger partial charge in [0.25, 0.3) is 0 Å². The van der Waals surface area contributed by atoms with E-state index in [1.165, 1.54) is 21.9 Å². The Bertz CT molecular complexity index is 1050. The molecule has 136 valence electrons. The molecule has 1 saturated carbocycles. The Morgan fingerprint density at radius 2 is 1.41 bits per heavy atom. The highest BCUT2D eigenvalue weighted by molar-refractivity contribution is 5.92. The van der Waals surface area contributed by atoms with Crippen LogP contribution in [0.4, 0.5) is 0 Å². The monoisotopic (exact) mass is 356 g/mol. The van der Waals surface area contributed by atoms with E-state index >= 15 is 0 Å². The molecule has 27 heavy (non-hydrogen) atoms. The Morgan fingerprint density at radius 1 is 0.852 bits per heavy atom. The van der Waals surface area contributed by atoms with Gasteiger partial charge in [-0.05, 0) is 36.1 Å². The van der Waals surface area contributed by atoms with Crippen LogP contribution in [0.5, 0.6) is 0 Å². The Hall–Kier alpha value is -2.81. The molecule has 2 aromatic heterocycles. The van der Waals surface area contributed by atoms with E-state index in [0.29, 0.717) is 5.78 Å². The maximum atomic E-state index is 13.2. The summed E-state index contributed by atoms with van der Waals surface area (Å²) in [6.07, 6.45) is 7.34. The fourth-order valence-corrected chi connectivity index (χ4v) is 4.93. The van der Waals surface area contributed by atoms with Crippen LogP contribution in [0.3, 0.4) is 0 Å². The molecule has 1 aliphatic carbocycles. The largest absolute Gasteiger partial charge is 0.361 e. The molecule has 2 N–H and O–H groups in total. The van der Waals surface area contributed by atoms with Crippen molar-refractivity contribution in [3.8, 4) is 0 Å². The Labute approximate surface area is 158 Å². The third-order valence-corrected chi connectivity index (χ3v) is 6.32. The lowest BCUT2D eigenvalue weighted by Gasteiger charge is -2.32. The molecule has 3 nitrogen and oxygen atoms in total. The van der Waals surface area contributed by atoms with E-state index in [1.54, 1.807) is 0 Å². The molecule has 5 rings (SSSR count). The normalized spacial score (nSPS) is 20.7. The van der Waals surface area contributed by atoms with Gasteiger partial charge in [0.2, 0.25) is 0 Å². The SMILES string of the molecule is C[C@@H]1CCC[C@@H](C(c2c[nH]c3ccccc23)c2c[nH]c3ccccc23)C1=O. The minimum atomic E-state index is 0.0344. The summed E-state index contributed by atoms with van der Waals surface area (Å²) < 4.78 is 0. The van der Waals surface area contributed by atoms with Crippen molar-refractivity contribution >= 4 is 27.6 Å². The van der Waals surface area contributed by atoms with Gasteiger partial charge in [-0.2, -0.15) is 0 Å². The quantitative estimate of drug-likeness (QED) is 0.480. The second-order valence-electron chi connectivity index (χ2n) is 7.90. The van der Waals surface area contributed by atoms with Gasteiger partial charge in [0.15, 0.2) is 0 Å². The summed E-state index contributed by atoms with van der Waals surface area (Å²) in [6, 6.07) is 16.8. The van der Waals surface area contributed by atoms with Crippen molar-refractivity contribution in [1.82, 2.24) is 9.97 Å². The molecule has 0 unspecified atom stereocenters. The van der Waals surface area contributed by atoms with Crippen molar-refractivity contribution in [2.24, 2.45) is 11.8 Å². The predicted molar refractivity (Wildman–Crippen MR) is 110 cm³/mol. The zero-order chi connectivity index (χ0) is 18.4. The maximum absolute atomic E-state index is 13.2. The first-order valence-corrected chi connectivity index (χ1v) is 9.90. The van der Waals surface area contributed by atoms with Crippen LogP contribution in [0.25, 0.3) is 21.8 Å². The van der Waals surface area contributed by atoms with Gasteiger partial charge in [-0.1, -0.05) is 49.7 Å². The van der Waals surface area contributed by atoms with E-state index < -0.39 is 0 Å². The minimum Gasteiger partial charge on any atom is -0.361 e. The lowest BCUT2D eigenvalue weighted by molar-refractivity contribution is -0.129. The van der Waals surface area contributed by atoms with Crippen molar-refractivity contribution in [3.63, 3.8) is 0 Å². The number of rotatable bonds is 3. The highest BCUT2D eigenvalue weighted by Crippen LogP contribution is 2.44. The molecule has 0 amide bonds. The molecule has 2 atom stereocenters. The Morgan fingerprint density at radius 3 is 2.00 bits per heavy atom. The van der Waals surface area contributed by atoms with Crippen LogP contribution < -0.4 is 0 Å². The Kier molecular flexibility index (Phi) is 3.89. The number of para-hydroxylation sites is 2. The molecule has 2 aromatic carbocycles. The van der Waals surface area contributed by atoms with E-state index in [0.717, 1.165) is 30.3 Å². The number of nitrogens with one attached hydrogen (secondary N) is 2. The summed E-state index contributed by atoms with van der Waals surface area (Å²) in [7, 11) is 0. The summed E-state index contributed by atoms with van der Waals surface area (Å²) in [4.78, 5) is 20.1. The van der Waals surface area contributed by atoms with Gasteiger partial charge in [-0.3, -0.25) is 4.79 Å². The van der Waals surface area contributed by atoms with Crippen LogP contribution in [0.2, 0.25) is 0 Å². The number of benzene rings is 2. The second kappa shape index (κ2) is 6.41. The number of fused-ring (bicyclic) bond motifs is 2. The molecule has 2 heterocycles. The number of hydrogen-bond acceptors (Lipinski definition) is 1. The lowest BCUT2D eigenvalue weighted by atomic mass is 9.70. The van der Waals surface area contributed by atoms with E-state index in [2.05, 4.69) is 77.8 Å². The van der Waals surface area contributed by atoms with Gasteiger partial charge in [-0.15, -0.1) is 0 Å². The number of hydrogen-bond donors (Lipinski definition) is 2. The summed E-state index contributed by atoms with van der Waals surface area (Å²) in [6.45, 7) is 2.09. The van der Waals surface area contributed by atoms with E-state index in [9.17, 15) is 4.79 Å². The number of carbonyl (C=O) groups excluding carboxylic acids is 1. The zero-order valence-electron chi connectivity index (χ0n) is 15.5. The molecule has 1 fully saturated rings. The standard InChI is InChI=1S/C24H24N2O/c1-15-7-6-10-18(24(15)27)23(19-13-25-21-11-4-2-8-16(19)21)20-14-26-22-12-5-3-9-17(20)22/h2-5,8-9,11-15,18,23,25-26H,6-7,10H2,1H3/t15-,18+/m1/s1. The maximum Gasteiger partial charge on any atom is 0.139 e. The lowest BCUT2D eigenvalue weighted by Crippen LogP contribution is -2.31. The highest BCUT2D eigenvalue weighted by Gasteiger charge is 2.37. The first-order valence-electron chi connectivity index (χ1n) is 9.90. The summed E-state index contributed by atoms with van der Waals surface area (Å²) in [5.74, 6) is 0.684. The van der Waals surface area contributed by atoms with Crippen molar-refractivity contribution in [2.45, 2.75) is 32.1 Å². The van der Waals surface area contributed by atoms with Gasteiger partial charge in [0.05, 0.1) is 0 Å². The van der Waals surface area contributed by atoms with Crippen LogP contribution >= 0.6 is 0 Å². The van der Waals surface area contributed by atoms with Crippen LogP contribution in [-0.2, 0) is 4.79 Å². The first kappa shape index (κ1) is 16.4. The smallest absolute Gasteiger partial charge is 0.139 e. The molecular formula is C24H24N2O.